The molecule has 4 N–H and O–H groups in total. The normalized spacial score (nSPS) is 15.7. The van der Waals surface area contributed by atoms with E-state index in [1.807, 2.05) is 0 Å². The molecule has 2 rings (SSSR count). The number of hydrogen-bond acceptors (Lipinski definition) is 6. The first-order valence-corrected chi connectivity index (χ1v) is 5.86. The van der Waals surface area contributed by atoms with Crippen LogP contribution >= 0.6 is 0 Å². The molecule has 2 amide bonds. The molecule has 0 spiro atoms. The molecule has 110 valence electrons. The molecular formula is C13H13N3O5. The highest BCUT2D eigenvalue weighted by Gasteiger charge is 2.35. The van der Waals surface area contributed by atoms with Crippen molar-refractivity contribution < 1.29 is 24.9 Å². The SMILES string of the molecule is CN1C(=N)N(C)C(=O)C(=Cc2ccc(O)c(O)c2O)C1=O. The highest BCUT2D eigenvalue weighted by Crippen LogP contribution is 2.38. The summed E-state index contributed by atoms with van der Waals surface area (Å²) in [7, 11) is 2.69. The predicted octanol–water partition coefficient (Wildman–Crippen LogP) is 0.0520. The number of aromatic hydroxyl groups is 3. The Morgan fingerprint density at radius 2 is 1.52 bits per heavy atom. The molecule has 8 heteroatoms. The zero-order valence-electron chi connectivity index (χ0n) is 11.3. The molecule has 0 aliphatic carbocycles. The van der Waals surface area contributed by atoms with Crippen LogP contribution in [0.15, 0.2) is 17.7 Å². The summed E-state index contributed by atoms with van der Waals surface area (Å²) in [4.78, 5) is 26.0. The van der Waals surface area contributed by atoms with Crippen LogP contribution in [0, 0.1) is 5.41 Å². The van der Waals surface area contributed by atoms with Crippen molar-refractivity contribution in [1.29, 1.82) is 5.41 Å². The number of nitrogens with one attached hydrogen (secondary N) is 1. The summed E-state index contributed by atoms with van der Waals surface area (Å²) in [5.41, 5.74) is -0.270. The van der Waals surface area contributed by atoms with Crippen molar-refractivity contribution in [1.82, 2.24) is 9.80 Å². The maximum atomic E-state index is 12.0. The average molecular weight is 291 g/mol. The molecule has 0 unspecified atom stereocenters. The monoisotopic (exact) mass is 291 g/mol. The van der Waals surface area contributed by atoms with E-state index in [-0.39, 0.29) is 17.1 Å². The number of hydrogen-bond donors (Lipinski definition) is 4. The van der Waals surface area contributed by atoms with Crippen molar-refractivity contribution in [2.45, 2.75) is 0 Å². The molecule has 0 radical (unpaired) electrons. The van der Waals surface area contributed by atoms with Gasteiger partial charge >= 0.3 is 0 Å². The standard InChI is InChI=1S/C13H13N3O5/c1-15-11(20)7(12(21)16(2)13(15)14)5-6-3-4-8(17)10(19)9(6)18/h3-5,14,17-19H,1-2H3. The Kier molecular flexibility index (Phi) is 3.30. The molecule has 1 fully saturated rings. The highest BCUT2D eigenvalue weighted by molar-refractivity contribution is 6.31. The summed E-state index contributed by atoms with van der Waals surface area (Å²) >= 11 is 0. The number of amides is 2. The number of phenolic OH excluding ortho intramolecular Hbond substituents is 3. The van der Waals surface area contributed by atoms with Crippen LogP contribution in [-0.2, 0) is 9.59 Å². The Bertz CT molecular complexity index is 669. The number of benzene rings is 1. The van der Waals surface area contributed by atoms with Gasteiger partial charge in [0, 0.05) is 19.7 Å². The lowest BCUT2D eigenvalue weighted by atomic mass is 10.1. The van der Waals surface area contributed by atoms with Gasteiger partial charge in [-0.25, -0.2) is 0 Å². The Morgan fingerprint density at radius 1 is 1.00 bits per heavy atom. The van der Waals surface area contributed by atoms with Crippen LogP contribution in [-0.4, -0.2) is 57.0 Å². The van der Waals surface area contributed by atoms with Crippen molar-refractivity contribution >= 4 is 23.8 Å². The topological polar surface area (TPSA) is 125 Å². The number of nitrogens with zero attached hydrogens (tertiary/aromatic N) is 2. The van der Waals surface area contributed by atoms with Crippen LogP contribution in [0.4, 0.5) is 0 Å². The third-order valence-corrected chi connectivity index (χ3v) is 3.17. The van der Waals surface area contributed by atoms with Crippen LogP contribution in [0.25, 0.3) is 6.08 Å². The second-order valence-corrected chi connectivity index (χ2v) is 4.48. The van der Waals surface area contributed by atoms with Crippen molar-refractivity contribution in [3.05, 3.63) is 23.3 Å². The number of rotatable bonds is 1. The molecule has 1 saturated heterocycles. The molecule has 0 atom stereocenters. The van der Waals surface area contributed by atoms with Crippen molar-refractivity contribution in [2.24, 2.45) is 0 Å². The van der Waals surface area contributed by atoms with E-state index in [2.05, 4.69) is 0 Å². The highest BCUT2D eigenvalue weighted by atomic mass is 16.3. The Hall–Kier alpha value is -3.03. The van der Waals surface area contributed by atoms with Gasteiger partial charge < -0.3 is 15.3 Å². The van der Waals surface area contributed by atoms with Crippen molar-refractivity contribution in [3.8, 4) is 17.2 Å². The maximum Gasteiger partial charge on any atom is 0.265 e. The molecule has 1 aliphatic heterocycles. The van der Waals surface area contributed by atoms with Crippen LogP contribution in [0.2, 0.25) is 0 Å². The van der Waals surface area contributed by atoms with Gasteiger partial charge in [0.15, 0.2) is 11.5 Å². The lowest BCUT2D eigenvalue weighted by molar-refractivity contribution is -0.132. The number of carbonyl (C=O) groups is 2. The Balaban J connectivity index is 2.54. The van der Waals surface area contributed by atoms with Gasteiger partial charge in [0.2, 0.25) is 11.7 Å². The van der Waals surface area contributed by atoms with Gasteiger partial charge in [-0.3, -0.25) is 24.8 Å². The minimum atomic E-state index is -0.741. The van der Waals surface area contributed by atoms with E-state index in [0.29, 0.717) is 0 Å². The van der Waals surface area contributed by atoms with Gasteiger partial charge in [-0.1, -0.05) is 0 Å². The molecule has 1 heterocycles. The summed E-state index contributed by atoms with van der Waals surface area (Å²) in [6.07, 6.45) is 1.10. The van der Waals surface area contributed by atoms with Gasteiger partial charge in [0.1, 0.15) is 5.57 Å². The smallest absolute Gasteiger partial charge is 0.265 e. The Morgan fingerprint density at radius 3 is 2.05 bits per heavy atom. The maximum absolute atomic E-state index is 12.0. The number of likely N-dealkylation sites (N-methyl/N-ethyl adjacent to an activating group) is 2. The average Bonchev–Trinajstić information content (AvgIpc) is 2.47. The van der Waals surface area contributed by atoms with Crippen molar-refractivity contribution in [2.75, 3.05) is 14.1 Å². The first-order chi connectivity index (χ1) is 9.75. The summed E-state index contributed by atoms with van der Waals surface area (Å²) in [6.45, 7) is 0. The molecule has 8 nitrogen and oxygen atoms in total. The fourth-order valence-electron chi connectivity index (χ4n) is 1.85. The summed E-state index contributed by atoms with van der Waals surface area (Å²) in [5.74, 6) is -3.57. The number of carbonyl (C=O) groups excluding carboxylic acids is 2. The zero-order chi connectivity index (χ0) is 15.9. The molecule has 0 bridgehead atoms. The molecule has 1 aromatic rings. The molecule has 0 aromatic heterocycles. The van der Waals surface area contributed by atoms with Gasteiger partial charge in [-0.2, -0.15) is 0 Å². The molecule has 21 heavy (non-hydrogen) atoms. The van der Waals surface area contributed by atoms with E-state index in [1.54, 1.807) is 0 Å². The van der Waals surface area contributed by atoms with Gasteiger partial charge in [-0.15, -0.1) is 0 Å². The minimum absolute atomic E-state index is 0.00256. The minimum Gasteiger partial charge on any atom is -0.504 e. The number of phenols is 3. The second kappa shape index (κ2) is 4.82. The summed E-state index contributed by atoms with van der Waals surface area (Å²) in [6, 6.07) is 2.37. The van der Waals surface area contributed by atoms with Crippen LogP contribution in [0.3, 0.4) is 0 Å². The van der Waals surface area contributed by atoms with Crippen molar-refractivity contribution in [3.63, 3.8) is 0 Å². The van der Waals surface area contributed by atoms with Gasteiger partial charge in [-0.05, 0) is 18.2 Å². The lowest BCUT2D eigenvalue weighted by Crippen LogP contribution is -2.53. The summed E-state index contributed by atoms with van der Waals surface area (Å²) < 4.78 is 0. The summed E-state index contributed by atoms with van der Waals surface area (Å²) in [5, 5.41) is 36.0. The van der Waals surface area contributed by atoms with Crippen LogP contribution in [0.5, 0.6) is 17.2 Å². The zero-order valence-corrected chi connectivity index (χ0v) is 11.3. The molecular weight excluding hydrogens is 278 g/mol. The fourth-order valence-corrected chi connectivity index (χ4v) is 1.85. The van der Waals surface area contributed by atoms with E-state index in [1.165, 1.54) is 20.2 Å². The van der Waals surface area contributed by atoms with E-state index >= 15 is 0 Å². The third kappa shape index (κ3) is 2.16. The van der Waals surface area contributed by atoms with E-state index in [9.17, 15) is 24.9 Å². The first-order valence-electron chi connectivity index (χ1n) is 5.86. The fraction of sp³-hybridized carbons (Fsp3) is 0.154. The molecule has 1 aliphatic rings. The number of guanidine groups is 1. The predicted molar refractivity (Wildman–Crippen MR) is 72.7 cm³/mol. The second-order valence-electron chi connectivity index (χ2n) is 4.48. The molecule has 1 aromatic carbocycles. The van der Waals surface area contributed by atoms with Gasteiger partial charge in [0.05, 0.1) is 0 Å². The van der Waals surface area contributed by atoms with E-state index in [4.69, 9.17) is 5.41 Å². The van der Waals surface area contributed by atoms with E-state index < -0.39 is 29.1 Å². The lowest BCUT2D eigenvalue weighted by Gasteiger charge is -2.31. The van der Waals surface area contributed by atoms with E-state index in [0.717, 1.165) is 21.9 Å². The van der Waals surface area contributed by atoms with Crippen LogP contribution in [0.1, 0.15) is 5.56 Å². The quantitative estimate of drug-likeness (QED) is 0.330. The molecule has 0 saturated carbocycles. The first kappa shape index (κ1) is 14.4. The van der Waals surface area contributed by atoms with Crippen LogP contribution < -0.4 is 0 Å². The Labute approximate surface area is 119 Å². The van der Waals surface area contributed by atoms with Gasteiger partial charge in [0.25, 0.3) is 11.8 Å². The largest absolute Gasteiger partial charge is 0.504 e. The third-order valence-electron chi connectivity index (χ3n) is 3.17.